The highest BCUT2D eigenvalue weighted by atomic mass is 15.1. The Balaban J connectivity index is 0.955. The van der Waals surface area contributed by atoms with Gasteiger partial charge in [0.05, 0.1) is 22.1 Å². The van der Waals surface area contributed by atoms with Gasteiger partial charge in [0.1, 0.15) is 11.5 Å². The molecule has 1 aliphatic carbocycles. The predicted molar refractivity (Wildman–Crippen MR) is 263 cm³/mol. The van der Waals surface area contributed by atoms with Gasteiger partial charge in [-0.05, 0) is 101 Å². The first-order valence-electron chi connectivity index (χ1n) is 22.0. The molecule has 0 radical (unpaired) electrons. The maximum absolute atomic E-state index is 5.15. The molecule has 0 aliphatic heterocycles. The molecule has 304 valence electrons. The van der Waals surface area contributed by atoms with Crippen molar-refractivity contribution in [3.63, 3.8) is 0 Å². The number of fused-ring (bicyclic) bond motifs is 6. The minimum Gasteiger partial charge on any atom is -0.309 e. The number of nitrogens with zero attached hydrogens (tertiary/aromatic N) is 6. The fourth-order valence-corrected chi connectivity index (χ4v) is 9.77. The van der Waals surface area contributed by atoms with Gasteiger partial charge in [0, 0.05) is 50.6 Å². The number of aromatic nitrogens is 6. The van der Waals surface area contributed by atoms with Crippen LogP contribution in [0.3, 0.4) is 0 Å². The average molecular weight is 823 g/mol. The smallest absolute Gasteiger partial charge is 0.182 e. The molecule has 4 aromatic heterocycles. The van der Waals surface area contributed by atoms with E-state index in [1.54, 1.807) is 6.20 Å². The highest BCUT2D eigenvalue weighted by Gasteiger charge is 2.25. The lowest BCUT2D eigenvalue weighted by molar-refractivity contribution is 0.536. The highest BCUT2D eigenvalue weighted by molar-refractivity contribution is 6.16. The number of pyridine rings is 1. The van der Waals surface area contributed by atoms with Gasteiger partial charge in [-0.15, -0.1) is 0 Å². The first kappa shape index (κ1) is 37.5. The normalized spacial score (nSPS) is 14.9. The van der Waals surface area contributed by atoms with Crippen molar-refractivity contribution >= 4 is 43.6 Å². The monoisotopic (exact) mass is 822 g/mol. The fraction of sp³-hybridized carbons (Fsp3) is 0.0690. The van der Waals surface area contributed by atoms with Crippen molar-refractivity contribution in [3.8, 4) is 56.5 Å². The highest BCUT2D eigenvalue weighted by Crippen LogP contribution is 2.40. The van der Waals surface area contributed by atoms with Crippen molar-refractivity contribution in [2.75, 3.05) is 0 Å². The van der Waals surface area contributed by atoms with E-state index in [-0.39, 0.29) is 5.92 Å². The zero-order valence-corrected chi connectivity index (χ0v) is 35.3. The van der Waals surface area contributed by atoms with E-state index >= 15 is 0 Å². The zero-order valence-electron chi connectivity index (χ0n) is 35.3. The van der Waals surface area contributed by atoms with Crippen LogP contribution in [0.4, 0.5) is 0 Å². The van der Waals surface area contributed by atoms with E-state index in [2.05, 4.69) is 209 Å². The van der Waals surface area contributed by atoms with E-state index in [0.717, 1.165) is 51.5 Å². The van der Waals surface area contributed by atoms with Gasteiger partial charge >= 0.3 is 0 Å². The third kappa shape index (κ3) is 6.34. The Morgan fingerprint density at radius 1 is 0.453 bits per heavy atom. The van der Waals surface area contributed by atoms with Crippen LogP contribution in [0.15, 0.2) is 212 Å². The molecule has 1 aliphatic rings. The maximum atomic E-state index is 5.15. The Bertz CT molecular complexity index is 3600. The van der Waals surface area contributed by atoms with Crippen molar-refractivity contribution in [2.24, 2.45) is 5.92 Å². The van der Waals surface area contributed by atoms with E-state index < -0.39 is 0 Å². The number of hydrogen-bond donors (Lipinski definition) is 0. The van der Waals surface area contributed by atoms with Crippen molar-refractivity contribution in [1.82, 2.24) is 29.1 Å². The first-order chi connectivity index (χ1) is 31.7. The molecule has 0 fully saturated rings. The van der Waals surface area contributed by atoms with E-state index in [0.29, 0.717) is 17.6 Å². The molecular weight excluding hydrogens is 781 g/mol. The molecule has 2 unspecified atom stereocenters. The minimum atomic E-state index is 0.0519. The predicted octanol–water partition coefficient (Wildman–Crippen LogP) is 14.4. The summed E-state index contributed by atoms with van der Waals surface area (Å²) in [6.45, 7) is 2.21. The molecule has 6 nitrogen and oxygen atoms in total. The second kappa shape index (κ2) is 15.6. The Morgan fingerprint density at radius 3 is 1.92 bits per heavy atom. The summed E-state index contributed by atoms with van der Waals surface area (Å²) in [5, 5.41) is 4.93. The summed E-state index contributed by atoms with van der Waals surface area (Å²) in [5.41, 5.74) is 13.2. The number of benzene rings is 7. The molecule has 6 heteroatoms. The summed E-state index contributed by atoms with van der Waals surface area (Å²) in [5.74, 6) is 2.34. The molecule has 0 spiro atoms. The fourth-order valence-electron chi connectivity index (χ4n) is 9.77. The van der Waals surface area contributed by atoms with E-state index in [4.69, 9.17) is 15.0 Å². The molecule has 12 rings (SSSR count). The third-order valence-corrected chi connectivity index (χ3v) is 12.8. The number of para-hydroxylation sites is 3. The second-order valence-electron chi connectivity index (χ2n) is 16.5. The van der Waals surface area contributed by atoms with Crippen LogP contribution in [-0.2, 0) is 0 Å². The lowest BCUT2D eigenvalue weighted by Crippen LogP contribution is -2.15. The Morgan fingerprint density at radius 2 is 1.09 bits per heavy atom. The van der Waals surface area contributed by atoms with Gasteiger partial charge in [-0.25, -0.2) is 15.0 Å². The van der Waals surface area contributed by atoms with Crippen LogP contribution in [0.2, 0.25) is 0 Å². The molecule has 7 aromatic carbocycles. The Hall–Kier alpha value is -8.22. The zero-order chi connectivity index (χ0) is 42.6. The molecular formula is C58H42N6. The lowest BCUT2D eigenvalue weighted by Gasteiger charge is -2.22. The molecule has 4 heterocycles. The standard InChI is InChI=1S/C58H42N6/c1-2-38-16-6-7-21-46(38)57-60-56(61-58(62-57)50-25-12-13-35-59-50)42-18-14-17-40(36-42)41-31-34-48-47-22-8-10-26-51(47)64(54(48)37-41)44-32-29-39(30-33-44)45-24-15-28-53-55(45)49-23-9-11-27-52(49)63(53)43-19-4-3-5-20-43/h3-38,46H,2H2,1H3. The maximum Gasteiger partial charge on any atom is 0.182 e. The molecule has 2 atom stereocenters. The molecule has 0 saturated carbocycles. The number of hydrogen-bond acceptors (Lipinski definition) is 4. The summed E-state index contributed by atoms with van der Waals surface area (Å²) in [6.07, 6.45) is 11.5. The van der Waals surface area contributed by atoms with Gasteiger partial charge in [0.15, 0.2) is 11.6 Å². The van der Waals surface area contributed by atoms with Gasteiger partial charge in [0.25, 0.3) is 0 Å². The largest absolute Gasteiger partial charge is 0.309 e. The number of allylic oxidation sites excluding steroid dienone is 4. The van der Waals surface area contributed by atoms with Crippen molar-refractivity contribution in [3.05, 3.63) is 218 Å². The van der Waals surface area contributed by atoms with Crippen LogP contribution in [0.1, 0.15) is 25.1 Å². The lowest BCUT2D eigenvalue weighted by atomic mass is 9.86. The summed E-state index contributed by atoms with van der Waals surface area (Å²) >= 11 is 0. The Labute approximate surface area is 371 Å². The van der Waals surface area contributed by atoms with Crippen molar-refractivity contribution in [2.45, 2.75) is 19.3 Å². The van der Waals surface area contributed by atoms with Crippen LogP contribution in [0.25, 0.3) is 100 Å². The van der Waals surface area contributed by atoms with E-state index in [1.165, 1.54) is 49.2 Å². The average Bonchev–Trinajstić information content (AvgIpc) is 3.89. The minimum absolute atomic E-state index is 0.0519. The summed E-state index contributed by atoms with van der Waals surface area (Å²) in [4.78, 5) is 19.8. The van der Waals surface area contributed by atoms with E-state index in [9.17, 15) is 0 Å². The van der Waals surface area contributed by atoms with Crippen LogP contribution < -0.4 is 0 Å². The molecule has 0 saturated heterocycles. The molecule has 64 heavy (non-hydrogen) atoms. The van der Waals surface area contributed by atoms with Gasteiger partial charge in [-0.3, -0.25) is 4.98 Å². The Kier molecular flexibility index (Phi) is 9.15. The van der Waals surface area contributed by atoms with E-state index in [1.807, 2.05) is 18.2 Å². The summed E-state index contributed by atoms with van der Waals surface area (Å²) in [7, 11) is 0. The molecule has 0 amide bonds. The summed E-state index contributed by atoms with van der Waals surface area (Å²) < 4.78 is 4.78. The number of rotatable bonds is 8. The molecule has 11 aromatic rings. The van der Waals surface area contributed by atoms with Gasteiger partial charge < -0.3 is 9.13 Å². The van der Waals surface area contributed by atoms with Gasteiger partial charge in [0.2, 0.25) is 0 Å². The van der Waals surface area contributed by atoms with Gasteiger partial charge in [-0.2, -0.15) is 0 Å². The first-order valence-corrected chi connectivity index (χ1v) is 22.0. The molecule has 0 N–H and O–H groups in total. The van der Waals surface area contributed by atoms with Crippen LogP contribution in [-0.4, -0.2) is 29.1 Å². The topological polar surface area (TPSA) is 61.4 Å². The van der Waals surface area contributed by atoms with Crippen LogP contribution >= 0.6 is 0 Å². The van der Waals surface area contributed by atoms with Crippen molar-refractivity contribution in [1.29, 1.82) is 0 Å². The summed E-state index contributed by atoms with van der Waals surface area (Å²) in [6, 6.07) is 65.1. The van der Waals surface area contributed by atoms with Gasteiger partial charge in [-0.1, -0.05) is 146 Å². The van der Waals surface area contributed by atoms with Crippen LogP contribution in [0.5, 0.6) is 0 Å². The van der Waals surface area contributed by atoms with Crippen molar-refractivity contribution < 1.29 is 0 Å². The van der Waals surface area contributed by atoms with Crippen LogP contribution in [0, 0.1) is 5.92 Å². The SMILES string of the molecule is CCC1C=CC=CC1c1nc(-c2cccc(-c3ccc4c5ccccc5n(-c5ccc(-c6cccc7c6c6ccccc6n7-c6ccccc6)cc5)c4c3)c2)nc(-c2ccccn2)n1. The molecule has 0 bridgehead atoms. The second-order valence-corrected chi connectivity index (χ2v) is 16.5. The third-order valence-electron chi connectivity index (χ3n) is 12.8. The quantitative estimate of drug-likeness (QED) is 0.153.